The summed E-state index contributed by atoms with van der Waals surface area (Å²) in [6.07, 6.45) is 7.88. The Labute approximate surface area is 111 Å². The molecule has 0 spiro atoms. The Balaban J connectivity index is 1.80. The first kappa shape index (κ1) is 13.9. The van der Waals surface area contributed by atoms with Crippen LogP contribution in [0.4, 0.5) is 0 Å². The van der Waals surface area contributed by atoms with Crippen molar-refractivity contribution in [1.82, 2.24) is 4.90 Å². The van der Waals surface area contributed by atoms with Gasteiger partial charge in [0, 0.05) is 12.5 Å². The number of likely N-dealkylation sites (tertiary alicyclic amines) is 1. The molecule has 3 nitrogen and oxygen atoms in total. The van der Waals surface area contributed by atoms with Crippen LogP contribution in [0.3, 0.4) is 0 Å². The number of aliphatic carboxylic acids is 1. The van der Waals surface area contributed by atoms with Gasteiger partial charge in [0.05, 0.1) is 0 Å². The molecule has 0 aromatic carbocycles. The fourth-order valence-electron chi connectivity index (χ4n) is 3.74. The van der Waals surface area contributed by atoms with E-state index in [1.807, 2.05) is 0 Å². The lowest BCUT2D eigenvalue weighted by molar-refractivity contribution is -0.138. The van der Waals surface area contributed by atoms with E-state index in [2.05, 4.69) is 18.7 Å². The molecule has 1 saturated carbocycles. The molecule has 0 bridgehead atoms. The van der Waals surface area contributed by atoms with Gasteiger partial charge >= 0.3 is 5.97 Å². The highest BCUT2D eigenvalue weighted by Crippen LogP contribution is 2.38. The fourth-order valence-corrected chi connectivity index (χ4v) is 3.74. The Morgan fingerprint density at radius 2 is 1.94 bits per heavy atom. The van der Waals surface area contributed by atoms with Crippen molar-refractivity contribution >= 4 is 5.97 Å². The summed E-state index contributed by atoms with van der Waals surface area (Å²) in [5.41, 5.74) is 0.501. The molecule has 104 valence electrons. The predicted molar refractivity (Wildman–Crippen MR) is 72.6 cm³/mol. The first-order valence-corrected chi connectivity index (χ1v) is 7.42. The van der Waals surface area contributed by atoms with Gasteiger partial charge in [0.15, 0.2) is 0 Å². The minimum absolute atomic E-state index is 0.365. The summed E-state index contributed by atoms with van der Waals surface area (Å²) in [4.78, 5) is 13.3. The van der Waals surface area contributed by atoms with E-state index >= 15 is 0 Å². The highest BCUT2D eigenvalue weighted by atomic mass is 16.4. The van der Waals surface area contributed by atoms with Gasteiger partial charge in [0.1, 0.15) is 0 Å². The van der Waals surface area contributed by atoms with Gasteiger partial charge in [-0.05, 0) is 56.5 Å². The van der Waals surface area contributed by atoms with Crippen molar-refractivity contribution in [3.05, 3.63) is 0 Å². The smallest absolute Gasteiger partial charge is 0.303 e. The monoisotopic (exact) mass is 253 g/mol. The summed E-state index contributed by atoms with van der Waals surface area (Å²) in [7, 11) is 0. The Kier molecular flexibility index (Phi) is 4.31. The summed E-state index contributed by atoms with van der Waals surface area (Å²) < 4.78 is 0. The number of carboxylic acids is 1. The molecule has 1 unspecified atom stereocenters. The maximum absolute atomic E-state index is 10.7. The van der Waals surface area contributed by atoms with Gasteiger partial charge in [-0.2, -0.15) is 0 Å². The Morgan fingerprint density at radius 3 is 2.50 bits per heavy atom. The van der Waals surface area contributed by atoms with E-state index in [1.54, 1.807) is 0 Å². The standard InChI is InChI=1S/C15H27NO2/c1-15(2)7-3-4-13(11-15)16-8-5-12(6-9-16)10-14(17)18/h12-13H,3-11H2,1-2H3,(H,17,18). The lowest BCUT2D eigenvalue weighted by Crippen LogP contribution is -2.45. The summed E-state index contributed by atoms with van der Waals surface area (Å²) in [5.74, 6) is -0.220. The zero-order chi connectivity index (χ0) is 13.2. The predicted octanol–water partition coefficient (Wildman–Crippen LogP) is 3.14. The van der Waals surface area contributed by atoms with Crippen molar-refractivity contribution in [2.45, 2.75) is 64.8 Å². The second-order valence-corrected chi connectivity index (χ2v) is 6.99. The summed E-state index contributed by atoms with van der Waals surface area (Å²) >= 11 is 0. The fraction of sp³-hybridized carbons (Fsp3) is 0.933. The van der Waals surface area contributed by atoms with Crippen molar-refractivity contribution in [2.24, 2.45) is 11.3 Å². The Bertz CT molecular complexity index is 293. The van der Waals surface area contributed by atoms with Crippen LogP contribution in [0.25, 0.3) is 0 Å². The quantitative estimate of drug-likeness (QED) is 0.840. The number of carboxylic acid groups (broad SMARTS) is 1. The lowest BCUT2D eigenvalue weighted by atomic mass is 9.74. The second kappa shape index (κ2) is 5.60. The highest BCUT2D eigenvalue weighted by molar-refractivity contribution is 5.67. The van der Waals surface area contributed by atoms with E-state index in [-0.39, 0.29) is 0 Å². The highest BCUT2D eigenvalue weighted by Gasteiger charge is 2.33. The van der Waals surface area contributed by atoms with E-state index in [4.69, 9.17) is 5.11 Å². The van der Waals surface area contributed by atoms with Crippen LogP contribution < -0.4 is 0 Å². The number of nitrogens with zero attached hydrogens (tertiary/aromatic N) is 1. The summed E-state index contributed by atoms with van der Waals surface area (Å²) in [6.45, 7) is 6.99. The van der Waals surface area contributed by atoms with Crippen LogP contribution in [-0.4, -0.2) is 35.1 Å². The molecule has 1 aliphatic carbocycles. The van der Waals surface area contributed by atoms with Gasteiger partial charge < -0.3 is 10.0 Å². The number of rotatable bonds is 3. The van der Waals surface area contributed by atoms with E-state index in [0.29, 0.717) is 17.8 Å². The molecule has 2 fully saturated rings. The lowest BCUT2D eigenvalue weighted by Gasteiger charge is -2.44. The van der Waals surface area contributed by atoms with Crippen LogP contribution in [0, 0.1) is 11.3 Å². The molecule has 0 amide bonds. The van der Waals surface area contributed by atoms with E-state index < -0.39 is 5.97 Å². The zero-order valence-corrected chi connectivity index (χ0v) is 11.8. The van der Waals surface area contributed by atoms with Crippen molar-refractivity contribution < 1.29 is 9.90 Å². The summed E-state index contributed by atoms with van der Waals surface area (Å²) in [6, 6.07) is 0.750. The summed E-state index contributed by atoms with van der Waals surface area (Å²) in [5, 5.41) is 8.84. The molecule has 0 aromatic rings. The van der Waals surface area contributed by atoms with Crippen LogP contribution in [0.2, 0.25) is 0 Å². The third kappa shape index (κ3) is 3.71. The first-order valence-electron chi connectivity index (χ1n) is 7.42. The minimum Gasteiger partial charge on any atom is -0.481 e. The van der Waals surface area contributed by atoms with Crippen LogP contribution in [-0.2, 0) is 4.79 Å². The first-order chi connectivity index (χ1) is 8.46. The van der Waals surface area contributed by atoms with Crippen molar-refractivity contribution in [1.29, 1.82) is 0 Å². The Morgan fingerprint density at radius 1 is 1.28 bits per heavy atom. The number of carbonyl (C=O) groups is 1. The molecule has 3 heteroatoms. The molecular formula is C15H27NO2. The maximum atomic E-state index is 10.7. The van der Waals surface area contributed by atoms with Crippen molar-refractivity contribution in [3.8, 4) is 0 Å². The normalized spacial score (nSPS) is 30.2. The van der Waals surface area contributed by atoms with E-state index in [9.17, 15) is 4.79 Å². The van der Waals surface area contributed by atoms with E-state index in [0.717, 1.165) is 32.0 Å². The molecule has 1 N–H and O–H groups in total. The average molecular weight is 253 g/mol. The van der Waals surface area contributed by atoms with Gasteiger partial charge in [0.2, 0.25) is 0 Å². The van der Waals surface area contributed by atoms with Gasteiger partial charge in [-0.3, -0.25) is 4.79 Å². The molecule has 0 radical (unpaired) electrons. The zero-order valence-electron chi connectivity index (χ0n) is 11.8. The van der Waals surface area contributed by atoms with Crippen LogP contribution in [0.15, 0.2) is 0 Å². The molecule has 2 aliphatic rings. The van der Waals surface area contributed by atoms with Crippen molar-refractivity contribution in [2.75, 3.05) is 13.1 Å². The molecule has 1 aliphatic heterocycles. The molecule has 18 heavy (non-hydrogen) atoms. The van der Waals surface area contributed by atoms with Gasteiger partial charge in [-0.1, -0.05) is 20.3 Å². The third-order valence-corrected chi connectivity index (χ3v) is 4.81. The molecular weight excluding hydrogens is 226 g/mol. The molecule has 1 atom stereocenters. The van der Waals surface area contributed by atoms with Crippen LogP contribution in [0.5, 0.6) is 0 Å². The number of hydrogen-bond donors (Lipinski definition) is 1. The van der Waals surface area contributed by atoms with Crippen LogP contribution >= 0.6 is 0 Å². The molecule has 2 rings (SSSR count). The third-order valence-electron chi connectivity index (χ3n) is 4.81. The average Bonchev–Trinajstić information content (AvgIpc) is 2.28. The van der Waals surface area contributed by atoms with Crippen LogP contribution in [0.1, 0.15) is 58.8 Å². The van der Waals surface area contributed by atoms with Gasteiger partial charge in [-0.25, -0.2) is 0 Å². The van der Waals surface area contributed by atoms with Crippen molar-refractivity contribution in [3.63, 3.8) is 0 Å². The van der Waals surface area contributed by atoms with Gasteiger partial charge in [0.25, 0.3) is 0 Å². The number of hydrogen-bond acceptors (Lipinski definition) is 2. The SMILES string of the molecule is CC1(C)CCCC(N2CCC(CC(=O)O)CC2)C1. The molecule has 0 aromatic heterocycles. The van der Waals surface area contributed by atoms with E-state index in [1.165, 1.54) is 25.7 Å². The largest absolute Gasteiger partial charge is 0.481 e. The molecule has 1 saturated heterocycles. The molecule has 1 heterocycles. The topological polar surface area (TPSA) is 40.5 Å². The minimum atomic E-state index is -0.632. The Hall–Kier alpha value is -0.570. The number of piperidine rings is 1. The second-order valence-electron chi connectivity index (χ2n) is 6.99. The maximum Gasteiger partial charge on any atom is 0.303 e. The van der Waals surface area contributed by atoms with Gasteiger partial charge in [-0.15, -0.1) is 0 Å².